The van der Waals surface area contributed by atoms with Crippen molar-refractivity contribution in [1.82, 2.24) is 0 Å². The predicted molar refractivity (Wildman–Crippen MR) is 192 cm³/mol. The molecule has 0 radical (unpaired) electrons. The second-order valence-electron chi connectivity index (χ2n) is 14.0. The third kappa shape index (κ3) is 3.56. The van der Waals surface area contributed by atoms with Crippen LogP contribution in [0.5, 0.6) is 0 Å². The van der Waals surface area contributed by atoms with E-state index in [1.807, 2.05) is 0 Å². The molecule has 0 aromatic heterocycles. The molecule has 45 heavy (non-hydrogen) atoms. The molecule has 1 nitrogen and oxygen atoms in total. The normalized spacial score (nSPS) is 17.1. The van der Waals surface area contributed by atoms with Gasteiger partial charge in [-0.3, -0.25) is 0 Å². The van der Waals surface area contributed by atoms with E-state index in [1.165, 1.54) is 83.1 Å². The van der Waals surface area contributed by atoms with E-state index >= 15 is 0 Å². The number of hydrogen-bond donors (Lipinski definition) is 0. The van der Waals surface area contributed by atoms with Crippen molar-refractivity contribution >= 4 is 44.2 Å². The molecule has 0 amide bonds. The fourth-order valence-corrected chi connectivity index (χ4v) is 8.63. The summed E-state index contributed by atoms with van der Waals surface area (Å²) < 4.78 is 0. The molecule has 3 aliphatic rings. The summed E-state index contributed by atoms with van der Waals surface area (Å²) in [5.74, 6) is 0. The van der Waals surface area contributed by atoms with Crippen molar-refractivity contribution in [2.75, 3.05) is 4.90 Å². The number of allylic oxidation sites excluding steroid dienone is 4. The smallest absolute Gasteiger partial charge is 0.0543 e. The molecule has 2 heterocycles. The summed E-state index contributed by atoms with van der Waals surface area (Å²) >= 11 is 0. The van der Waals surface area contributed by atoms with Gasteiger partial charge < -0.3 is 4.90 Å². The van der Waals surface area contributed by atoms with Crippen molar-refractivity contribution in [2.45, 2.75) is 51.4 Å². The Hall–Kier alpha value is -4.88. The molecular formula is C44H37N. The van der Waals surface area contributed by atoms with Gasteiger partial charge in [-0.15, -0.1) is 0 Å². The lowest BCUT2D eigenvalue weighted by Gasteiger charge is -2.49. The van der Waals surface area contributed by atoms with Crippen LogP contribution >= 0.6 is 0 Å². The van der Waals surface area contributed by atoms with Gasteiger partial charge in [0.2, 0.25) is 0 Å². The zero-order valence-corrected chi connectivity index (χ0v) is 26.5. The van der Waals surface area contributed by atoms with Crippen LogP contribution in [-0.2, 0) is 10.8 Å². The van der Waals surface area contributed by atoms with Crippen molar-refractivity contribution in [3.8, 4) is 11.1 Å². The number of hydrogen-bond acceptors (Lipinski definition) is 1. The van der Waals surface area contributed by atoms with Gasteiger partial charge in [0.1, 0.15) is 0 Å². The Bertz CT molecular complexity index is 2220. The second kappa shape index (κ2) is 9.31. The summed E-state index contributed by atoms with van der Waals surface area (Å²) in [7, 11) is 0. The van der Waals surface area contributed by atoms with E-state index in [0.29, 0.717) is 0 Å². The van der Waals surface area contributed by atoms with E-state index in [9.17, 15) is 0 Å². The van der Waals surface area contributed by atoms with Gasteiger partial charge in [0, 0.05) is 10.8 Å². The maximum atomic E-state index is 2.55. The molecule has 0 unspecified atom stereocenters. The molecule has 0 atom stereocenters. The molecule has 218 valence electrons. The number of para-hydroxylation sites is 2. The summed E-state index contributed by atoms with van der Waals surface area (Å²) in [4.78, 5) is 2.55. The molecule has 1 aliphatic carbocycles. The molecular weight excluding hydrogens is 542 g/mol. The average molecular weight is 580 g/mol. The number of nitrogens with zero attached hydrogens (tertiary/aromatic N) is 1. The molecule has 1 heteroatoms. The second-order valence-corrected chi connectivity index (χ2v) is 14.0. The minimum atomic E-state index is -0.166. The first-order chi connectivity index (χ1) is 21.9. The van der Waals surface area contributed by atoms with Crippen LogP contribution in [0.25, 0.3) is 38.2 Å². The third-order valence-electron chi connectivity index (χ3n) is 10.9. The van der Waals surface area contributed by atoms with Crippen molar-refractivity contribution in [3.05, 3.63) is 155 Å². The lowest BCUT2D eigenvalue weighted by Crippen LogP contribution is -2.38. The average Bonchev–Trinajstić information content (AvgIpc) is 3.07. The topological polar surface area (TPSA) is 3.24 Å². The highest BCUT2D eigenvalue weighted by Crippen LogP contribution is 2.60. The SMILES string of the molecule is CC1(C)c2ccccc2N2c3ccc(-c4c5ccccc5c(C5=CC=CCC5)c5ccccc45)cc3C(C)(C)c3cccc1c32. The largest absolute Gasteiger partial charge is 0.309 e. The molecule has 2 aliphatic heterocycles. The van der Waals surface area contributed by atoms with E-state index in [4.69, 9.17) is 0 Å². The van der Waals surface area contributed by atoms with E-state index < -0.39 is 0 Å². The van der Waals surface area contributed by atoms with Gasteiger partial charge in [0.15, 0.2) is 0 Å². The van der Waals surface area contributed by atoms with Gasteiger partial charge in [0.25, 0.3) is 0 Å². The van der Waals surface area contributed by atoms with Crippen molar-refractivity contribution < 1.29 is 0 Å². The summed E-state index contributed by atoms with van der Waals surface area (Å²) in [6.07, 6.45) is 9.00. The number of benzene rings is 6. The quantitative estimate of drug-likeness (QED) is 0.184. The van der Waals surface area contributed by atoms with Crippen molar-refractivity contribution in [3.63, 3.8) is 0 Å². The van der Waals surface area contributed by atoms with Crippen LogP contribution in [0.1, 0.15) is 68.4 Å². The molecule has 0 bridgehead atoms. The lowest BCUT2D eigenvalue weighted by molar-refractivity contribution is 0.597. The van der Waals surface area contributed by atoms with E-state index in [-0.39, 0.29) is 10.8 Å². The van der Waals surface area contributed by atoms with Gasteiger partial charge in [-0.1, -0.05) is 137 Å². The Labute approximate surface area is 266 Å². The molecule has 0 fully saturated rings. The maximum absolute atomic E-state index is 2.55. The van der Waals surface area contributed by atoms with E-state index in [2.05, 4.69) is 160 Å². The van der Waals surface area contributed by atoms with E-state index in [0.717, 1.165) is 12.8 Å². The number of rotatable bonds is 2. The number of fused-ring (bicyclic) bond motifs is 6. The first kappa shape index (κ1) is 26.5. The van der Waals surface area contributed by atoms with Crippen LogP contribution in [0.4, 0.5) is 17.1 Å². The molecule has 0 N–H and O–H groups in total. The van der Waals surface area contributed by atoms with Gasteiger partial charge in [0.05, 0.1) is 17.1 Å². The molecule has 0 saturated heterocycles. The van der Waals surface area contributed by atoms with Crippen LogP contribution in [0, 0.1) is 0 Å². The third-order valence-corrected chi connectivity index (χ3v) is 10.9. The highest BCUT2D eigenvalue weighted by Gasteiger charge is 2.45. The van der Waals surface area contributed by atoms with Crippen LogP contribution in [0.2, 0.25) is 0 Å². The molecule has 0 spiro atoms. The Morgan fingerprint density at radius 1 is 0.533 bits per heavy atom. The minimum absolute atomic E-state index is 0.0743. The molecule has 9 rings (SSSR count). The van der Waals surface area contributed by atoms with Gasteiger partial charge in [-0.2, -0.15) is 0 Å². The predicted octanol–water partition coefficient (Wildman–Crippen LogP) is 12.1. The Balaban J connectivity index is 1.34. The number of anilines is 3. The Morgan fingerprint density at radius 2 is 1.09 bits per heavy atom. The first-order valence-corrected chi connectivity index (χ1v) is 16.4. The molecule has 6 aromatic rings. The van der Waals surface area contributed by atoms with Gasteiger partial charge in [-0.05, 0) is 97.1 Å². The fourth-order valence-electron chi connectivity index (χ4n) is 8.63. The lowest BCUT2D eigenvalue weighted by atomic mass is 9.66. The van der Waals surface area contributed by atoms with Crippen LogP contribution in [0.15, 0.2) is 127 Å². The van der Waals surface area contributed by atoms with Gasteiger partial charge >= 0.3 is 0 Å². The highest BCUT2D eigenvalue weighted by molar-refractivity contribution is 6.19. The van der Waals surface area contributed by atoms with Crippen LogP contribution in [-0.4, -0.2) is 0 Å². The monoisotopic (exact) mass is 579 g/mol. The summed E-state index contributed by atoms with van der Waals surface area (Å²) in [6, 6.07) is 41.4. The maximum Gasteiger partial charge on any atom is 0.0543 e. The van der Waals surface area contributed by atoms with Gasteiger partial charge in [-0.25, -0.2) is 0 Å². The highest BCUT2D eigenvalue weighted by atomic mass is 15.2. The van der Waals surface area contributed by atoms with Crippen molar-refractivity contribution in [2.24, 2.45) is 0 Å². The first-order valence-electron chi connectivity index (χ1n) is 16.4. The standard InChI is InChI=1S/C44H37N/c1-43(2)34-21-12-13-24-38(34)45-39-26-25-29(27-37(39)44(3,4)36-23-14-22-35(43)42(36)45)41-32-19-10-8-17-30(32)40(28-15-6-5-7-16-28)31-18-9-11-20-33(31)41/h5-6,8-15,17-27H,7,16H2,1-4H3. The molecule has 0 saturated carbocycles. The zero-order valence-electron chi connectivity index (χ0n) is 26.5. The van der Waals surface area contributed by atoms with Crippen LogP contribution < -0.4 is 4.90 Å². The Morgan fingerprint density at radius 3 is 1.73 bits per heavy atom. The zero-order chi connectivity index (χ0) is 30.5. The minimum Gasteiger partial charge on any atom is -0.309 e. The summed E-state index contributed by atoms with van der Waals surface area (Å²) in [6.45, 7) is 9.59. The summed E-state index contributed by atoms with van der Waals surface area (Å²) in [5.41, 5.74) is 14.7. The molecule has 6 aromatic carbocycles. The Kier molecular flexibility index (Phi) is 5.49. The fraction of sp³-hybridized carbons (Fsp3) is 0.182. The van der Waals surface area contributed by atoms with Crippen molar-refractivity contribution in [1.29, 1.82) is 0 Å². The van der Waals surface area contributed by atoms with E-state index in [1.54, 1.807) is 0 Å². The van der Waals surface area contributed by atoms with Crippen LogP contribution in [0.3, 0.4) is 0 Å². The summed E-state index contributed by atoms with van der Waals surface area (Å²) in [5, 5.41) is 5.32.